The molecule has 0 saturated heterocycles. The molecule has 0 rings (SSSR count). The highest BCUT2D eigenvalue weighted by Gasteiger charge is 2.01. The Labute approximate surface area is 89.5 Å². The van der Waals surface area contributed by atoms with E-state index in [-0.39, 0.29) is 0 Å². The van der Waals surface area contributed by atoms with E-state index >= 15 is 0 Å². The van der Waals surface area contributed by atoms with Gasteiger partial charge in [0.05, 0.1) is 6.61 Å². The Balaban J connectivity index is -0.000000202. The van der Waals surface area contributed by atoms with Crippen molar-refractivity contribution in [2.45, 2.75) is 13.8 Å². The number of carbonyl (C=O) groups excluding carboxylic acids is 2. The molecule has 0 aromatic rings. The van der Waals surface area contributed by atoms with Gasteiger partial charge in [-0.05, 0) is 13.8 Å². The van der Waals surface area contributed by atoms with Crippen LogP contribution in [0.15, 0.2) is 25.3 Å². The molecule has 0 aliphatic rings. The zero-order chi connectivity index (χ0) is 12.9. The molecule has 0 aliphatic heterocycles. The van der Waals surface area contributed by atoms with Gasteiger partial charge >= 0.3 is 12.0 Å². The van der Waals surface area contributed by atoms with Gasteiger partial charge in [0.2, 0.25) is 0 Å². The van der Waals surface area contributed by atoms with Crippen molar-refractivity contribution in [3.8, 4) is 0 Å². The first-order valence-electron chi connectivity index (χ1n) is 3.96. The summed E-state index contributed by atoms with van der Waals surface area (Å²) in [7, 11) is 0. The third-order valence-electron chi connectivity index (χ3n) is 0.601. The van der Waals surface area contributed by atoms with Crippen LogP contribution in [0.1, 0.15) is 13.8 Å². The first kappa shape index (κ1) is 18.9. The van der Waals surface area contributed by atoms with Crippen LogP contribution in [0.3, 0.4) is 0 Å². The molecule has 15 heavy (non-hydrogen) atoms. The number of primary amides is 2. The summed E-state index contributed by atoms with van der Waals surface area (Å²) in [6.45, 7) is 13.0. The van der Waals surface area contributed by atoms with Gasteiger partial charge in [-0.3, -0.25) is 4.89 Å². The van der Waals surface area contributed by atoms with E-state index in [1.807, 2.05) is 0 Å². The number of nitrogens with two attached hydrogens (primary N) is 2. The van der Waals surface area contributed by atoms with E-state index in [9.17, 15) is 4.79 Å². The summed E-state index contributed by atoms with van der Waals surface area (Å²) in [5.41, 5.74) is 8.84. The molecule has 0 atom stereocenters. The number of carbonyl (C=O) groups is 2. The molecule has 0 aliphatic carbocycles. The lowest BCUT2D eigenvalue weighted by molar-refractivity contribution is -0.265. The second-order valence-electron chi connectivity index (χ2n) is 1.96. The van der Waals surface area contributed by atoms with Crippen molar-refractivity contribution in [2.24, 2.45) is 11.5 Å². The number of hydrogen-bond donors (Lipinski definition) is 2. The van der Waals surface area contributed by atoms with Crippen molar-refractivity contribution in [1.29, 1.82) is 0 Å². The summed E-state index contributed by atoms with van der Waals surface area (Å²) >= 11 is 0. The molecule has 0 spiro atoms. The largest absolute Gasteiger partial charge is 0.368 e. The lowest BCUT2D eigenvalue weighted by atomic mass is 10.4. The van der Waals surface area contributed by atoms with Gasteiger partial charge in [0, 0.05) is 5.57 Å². The summed E-state index contributed by atoms with van der Waals surface area (Å²) < 4.78 is 0. The third kappa shape index (κ3) is 33.0. The van der Waals surface area contributed by atoms with Crippen molar-refractivity contribution in [1.82, 2.24) is 0 Å². The lowest BCUT2D eigenvalue weighted by Gasteiger charge is -1.97. The van der Waals surface area contributed by atoms with E-state index in [1.54, 1.807) is 13.8 Å². The third-order valence-corrected chi connectivity index (χ3v) is 0.601. The van der Waals surface area contributed by atoms with Crippen molar-refractivity contribution < 1.29 is 19.4 Å². The highest BCUT2D eigenvalue weighted by molar-refractivity contribution is 5.86. The van der Waals surface area contributed by atoms with Crippen molar-refractivity contribution in [3.05, 3.63) is 25.3 Å². The Morgan fingerprint density at radius 1 is 1.27 bits per heavy atom. The van der Waals surface area contributed by atoms with E-state index in [0.29, 0.717) is 12.2 Å². The van der Waals surface area contributed by atoms with Gasteiger partial charge in [0.1, 0.15) is 0 Å². The van der Waals surface area contributed by atoms with Crippen molar-refractivity contribution >= 4 is 12.0 Å². The fourth-order valence-electron chi connectivity index (χ4n) is 0.184. The van der Waals surface area contributed by atoms with Crippen LogP contribution in [0.5, 0.6) is 0 Å². The molecule has 2 amide bonds. The predicted molar refractivity (Wildman–Crippen MR) is 57.6 cm³/mol. The Kier molecular flexibility index (Phi) is 18.5. The molecule has 0 bridgehead atoms. The van der Waals surface area contributed by atoms with Crippen molar-refractivity contribution in [3.63, 3.8) is 0 Å². The standard InChI is InChI=1S/C6H10O3.C2H4.CH4N2O/c1-4-8-9-6(7)5(2)3;1-2;2-1(3)4/h2,4H2,1,3H3;1-2H2;(H4,2,3,4). The maximum absolute atomic E-state index is 10.5. The SMILES string of the molecule is C=C.C=C(C)C(=O)OOCC.NC(N)=O. The first-order valence-corrected chi connectivity index (χ1v) is 3.96. The molecular formula is C9H18N2O4. The van der Waals surface area contributed by atoms with Crippen LogP contribution in [-0.2, 0) is 14.6 Å². The van der Waals surface area contributed by atoms with Gasteiger partial charge in [-0.15, -0.1) is 13.2 Å². The van der Waals surface area contributed by atoms with Crippen LogP contribution in [-0.4, -0.2) is 18.6 Å². The number of urea groups is 1. The molecule has 6 nitrogen and oxygen atoms in total. The molecular weight excluding hydrogens is 200 g/mol. The Morgan fingerprint density at radius 3 is 1.80 bits per heavy atom. The van der Waals surface area contributed by atoms with Crippen LogP contribution >= 0.6 is 0 Å². The monoisotopic (exact) mass is 218 g/mol. The van der Waals surface area contributed by atoms with Crippen molar-refractivity contribution in [2.75, 3.05) is 6.61 Å². The summed E-state index contributed by atoms with van der Waals surface area (Å²) in [6.07, 6.45) is 0. The minimum atomic E-state index is -0.833. The minimum absolute atomic E-state index is 0.337. The fourth-order valence-corrected chi connectivity index (χ4v) is 0.184. The average Bonchev–Trinajstić information content (AvgIpc) is 2.16. The van der Waals surface area contributed by atoms with Crippen LogP contribution in [0.2, 0.25) is 0 Å². The quantitative estimate of drug-likeness (QED) is 0.317. The van der Waals surface area contributed by atoms with Crippen LogP contribution in [0, 0.1) is 0 Å². The van der Waals surface area contributed by atoms with E-state index in [2.05, 4.69) is 41.0 Å². The normalized spacial score (nSPS) is 7.07. The highest BCUT2D eigenvalue weighted by atomic mass is 17.2. The number of amides is 2. The molecule has 0 radical (unpaired) electrons. The van der Waals surface area contributed by atoms with Crippen LogP contribution in [0.4, 0.5) is 4.79 Å². The second kappa shape index (κ2) is 14.7. The zero-order valence-electron chi connectivity index (χ0n) is 9.12. The highest BCUT2D eigenvalue weighted by Crippen LogP contribution is 1.91. The summed E-state index contributed by atoms with van der Waals surface area (Å²) in [5.74, 6) is -0.517. The van der Waals surface area contributed by atoms with Crippen LogP contribution < -0.4 is 11.5 Å². The number of rotatable bonds is 3. The smallest absolute Gasteiger partial charge is 0.352 e. The summed E-state index contributed by atoms with van der Waals surface area (Å²) in [4.78, 5) is 28.0. The molecule has 0 fully saturated rings. The topological polar surface area (TPSA) is 105 Å². The molecule has 0 aromatic carbocycles. The average molecular weight is 218 g/mol. The Bertz CT molecular complexity index is 200. The molecule has 0 heterocycles. The Morgan fingerprint density at radius 2 is 1.60 bits per heavy atom. The molecule has 0 aromatic heterocycles. The molecule has 0 saturated carbocycles. The van der Waals surface area contributed by atoms with E-state index in [0.717, 1.165) is 0 Å². The lowest BCUT2D eigenvalue weighted by Crippen LogP contribution is -2.18. The maximum Gasteiger partial charge on any atom is 0.368 e. The summed E-state index contributed by atoms with van der Waals surface area (Å²) in [6, 6.07) is -0.833. The van der Waals surface area contributed by atoms with E-state index < -0.39 is 12.0 Å². The van der Waals surface area contributed by atoms with Gasteiger partial charge in [0.25, 0.3) is 0 Å². The molecule has 4 N–H and O–H groups in total. The first-order chi connectivity index (χ1) is 6.91. The molecule has 0 unspecified atom stereocenters. The van der Waals surface area contributed by atoms with Crippen LogP contribution in [0.25, 0.3) is 0 Å². The number of hydrogen-bond acceptors (Lipinski definition) is 4. The maximum atomic E-state index is 10.5. The fraction of sp³-hybridized carbons (Fsp3) is 0.333. The predicted octanol–water partition coefficient (Wildman–Crippen LogP) is 0.883. The molecule has 6 heteroatoms. The summed E-state index contributed by atoms with van der Waals surface area (Å²) in [5, 5.41) is 0. The second-order valence-corrected chi connectivity index (χ2v) is 1.96. The Hall–Kier alpha value is -1.82. The van der Waals surface area contributed by atoms with Gasteiger partial charge < -0.3 is 11.5 Å². The van der Waals surface area contributed by atoms with Gasteiger partial charge in [-0.2, -0.15) is 4.89 Å². The van der Waals surface area contributed by atoms with Gasteiger partial charge in [0.15, 0.2) is 0 Å². The minimum Gasteiger partial charge on any atom is -0.352 e. The van der Waals surface area contributed by atoms with Gasteiger partial charge in [-0.1, -0.05) is 6.58 Å². The molecule has 88 valence electrons. The van der Waals surface area contributed by atoms with E-state index in [4.69, 9.17) is 4.79 Å². The van der Waals surface area contributed by atoms with E-state index in [1.165, 1.54) is 0 Å². The zero-order valence-corrected chi connectivity index (χ0v) is 9.12. The van der Waals surface area contributed by atoms with Gasteiger partial charge in [-0.25, -0.2) is 9.59 Å².